The zero-order chi connectivity index (χ0) is 25.5. The van der Waals surface area contributed by atoms with Gasteiger partial charge in [0.25, 0.3) is 11.5 Å². The second kappa shape index (κ2) is 11.6. The fourth-order valence-corrected chi connectivity index (χ4v) is 4.66. The third kappa shape index (κ3) is 6.03. The number of amides is 1. The zero-order valence-electron chi connectivity index (χ0n) is 19.6. The standard InChI is InChI=1S/C26H25F2N3O3S/c1-4-5-13-30-23(32)20(15-29)25-31(22-16(2)7-6-8-17(22)3)24(33)21(35-25)14-18-9-11-19(12-10-18)34-26(27)28/h6-12,14,26H,4-5,13H2,1-3H3,(H,30,32)/b21-14-,25-20-. The fourth-order valence-electron chi connectivity index (χ4n) is 3.57. The van der Waals surface area contributed by atoms with E-state index in [-0.39, 0.29) is 21.5 Å². The maximum atomic E-state index is 13.6. The highest BCUT2D eigenvalue weighted by Crippen LogP contribution is 2.17. The number of unbranched alkanes of at least 4 members (excludes halogenated alkanes) is 1. The SMILES string of the molecule is CCCCNC(=O)/C(C#N)=c1\s/c(=C\c2ccc(OC(F)F)cc2)c(=O)n1-c1c(C)cccc1C. The van der Waals surface area contributed by atoms with E-state index >= 15 is 0 Å². The number of carbonyl (C=O) groups is 1. The summed E-state index contributed by atoms with van der Waals surface area (Å²) < 4.78 is 31.2. The van der Waals surface area contributed by atoms with Crippen LogP contribution in [0.3, 0.4) is 0 Å². The molecular weight excluding hydrogens is 472 g/mol. The average Bonchev–Trinajstić information content (AvgIpc) is 3.11. The van der Waals surface area contributed by atoms with Crippen LogP contribution in [0.4, 0.5) is 8.78 Å². The molecule has 0 fully saturated rings. The van der Waals surface area contributed by atoms with Crippen molar-refractivity contribution in [2.24, 2.45) is 0 Å². The lowest BCUT2D eigenvalue weighted by molar-refractivity contribution is -0.115. The quantitative estimate of drug-likeness (QED) is 0.483. The smallest absolute Gasteiger partial charge is 0.387 e. The molecule has 1 aromatic heterocycles. The number of halogens is 2. The number of rotatable bonds is 8. The molecule has 182 valence electrons. The van der Waals surface area contributed by atoms with Gasteiger partial charge < -0.3 is 10.1 Å². The van der Waals surface area contributed by atoms with Crippen LogP contribution in [0.1, 0.15) is 36.5 Å². The van der Waals surface area contributed by atoms with Crippen LogP contribution in [0.5, 0.6) is 5.75 Å². The van der Waals surface area contributed by atoms with Crippen LogP contribution in [0.15, 0.2) is 47.3 Å². The van der Waals surface area contributed by atoms with Crippen molar-refractivity contribution < 1.29 is 18.3 Å². The number of ether oxygens (including phenoxy) is 1. The van der Waals surface area contributed by atoms with E-state index in [0.717, 1.165) is 35.3 Å². The average molecular weight is 498 g/mol. The third-order valence-corrected chi connectivity index (χ3v) is 6.35. The summed E-state index contributed by atoms with van der Waals surface area (Å²) in [4.78, 5) is 26.4. The molecule has 9 heteroatoms. The Morgan fingerprint density at radius 3 is 2.43 bits per heavy atom. The molecule has 2 aromatic carbocycles. The van der Waals surface area contributed by atoms with Gasteiger partial charge in [0, 0.05) is 6.54 Å². The number of nitrogens with one attached hydrogen (secondary N) is 1. The van der Waals surface area contributed by atoms with Crippen LogP contribution in [-0.4, -0.2) is 23.6 Å². The van der Waals surface area contributed by atoms with Crippen molar-refractivity contribution in [3.63, 3.8) is 0 Å². The number of hydrogen-bond acceptors (Lipinski definition) is 5. The number of hydrogen-bond donors (Lipinski definition) is 1. The summed E-state index contributed by atoms with van der Waals surface area (Å²) in [5.74, 6) is -0.539. The van der Waals surface area contributed by atoms with E-state index in [4.69, 9.17) is 0 Å². The molecule has 1 amide bonds. The first-order valence-corrected chi connectivity index (χ1v) is 11.9. The summed E-state index contributed by atoms with van der Waals surface area (Å²) in [5, 5.41) is 12.6. The minimum absolute atomic E-state index is 0.000755. The number of aryl methyl sites for hydroxylation is 2. The summed E-state index contributed by atoms with van der Waals surface area (Å²) in [7, 11) is 0. The molecular formula is C26H25F2N3O3S. The number of nitriles is 1. The molecule has 0 unspecified atom stereocenters. The van der Waals surface area contributed by atoms with E-state index in [9.17, 15) is 23.6 Å². The first-order chi connectivity index (χ1) is 16.8. The van der Waals surface area contributed by atoms with E-state index in [1.165, 1.54) is 16.7 Å². The van der Waals surface area contributed by atoms with Crippen LogP contribution < -0.4 is 24.8 Å². The molecule has 0 spiro atoms. The van der Waals surface area contributed by atoms with Gasteiger partial charge in [0.15, 0.2) is 5.57 Å². The summed E-state index contributed by atoms with van der Waals surface area (Å²) in [6.07, 6.45) is 3.24. The Bertz CT molecular complexity index is 1410. The Balaban J connectivity index is 2.27. The first kappa shape index (κ1) is 25.8. The maximum absolute atomic E-state index is 13.6. The second-order valence-electron chi connectivity index (χ2n) is 7.84. The van der Waals surface area contributed by atoms with Crippen LogP contribution in [0, 0.1) is 25.2 Å². The van der Waals surface area contributed by atoms with Gasteiger partial charge in [-0.25, -0.2) is 0 Å². The number of nitrogens with zero attached hydrogens (tertiary/aromatic N) is 2. The Kier molecular flexibility index (Phi) is 8.55. The minimum atomic E-state index is -2.93. The van der Waals surface area contributed by atoms with Gasteiger partial charge in [0.1, 0.15) is 16.5 Å². The fraction of sp³-hybridized carbons (Fsp3) is 0.269. The Labute approximate surface area is 205 Å². The molecule has 0 aliphatic carbocycles. The predicted molar refractivity (Wildman–Crippen MR) is 132 cm³/mol. The highest BCUT2D eigenvalue weighted by Gasteiger charge is 2.18. The van der Waals surface area contributed by atoms with Crippen LogP contribution in [-0.2, 0) is 4.79 Å². The number of aromatic nitrogens is 1. The third-order valence-electron chi connectivity index (χ3n) is 5.26. The van der Waals surface area contributed by atoms with E-state index in [0.29, 0.717) is 22.3 Å². The van der Waals surface area contributed by atoms with Crippen LogP contribution >= 0.6 is 11.3 Å². The predicted octanol–water partition coefficient (Wildman–Crippen LogP) is 3.54. The lowest BCUT2D eigenvalue weighted by atomic mass is 10.1. The lowest BCUT2D eigenvalue weighted by Gasteiger charge is -2.11. The van der Waals surface area contributed by atoms with Gasteiger partial charge in [-0.2, -0.15) is 14.0 Å². The van der Waals surface area contributed by atoms with Gasteiger partial charge in [0.2, 0.25) is 0 Å². The van der Waals surface area contributed by atoms with Gasteiger partial charge >= 0.3 is 6.61 Å². The van der Waals surface area contributed by atoms with Crippen molar-refractivity contribution in [3.05, 3.63) is 78.7 Å². The molecule has 0 atom stereocenters. The van der Waals surface area contributed by atoms with Gasteiger partial charge in [-0.1, -0.05) is 43.7 Å². The normalized spacial score (nSPS) is 12.4. The maximum Gasteiger partial charge on any atom is 0.387 e. The minimum Gasteiger partial charge on any atom is -0.435 e. The Morgan fingerprint density at radius 1 is 1.20 bits per heavy atom. The second-order valence-corrected chi connectivity index (χ2v) is 8.87. The van der Waals surface area contributed by atoms with Crippen molar-refractivity contribution in [1.29, 1.82) is 5.26 Å². The van der Waals surface area contributed by atoms with Crippen molar-refractivity contribution in [2.75, 3.05) is 6.54 Å². The Morgan fingerprint density at radius 2 is 1.86 bits per heavy atom. The number of benzene rings is 2. The molecule has 0 aliphatic heterocycles. The van der Waals surface area contributed by atoms with Crippen molar-refractivity contribution in [3.8, 4) is 17.5 Å². The summed E-state index contributed by atoms with van der Waals surface area (Å²) in [6.45, 7) is 3.19. The summed E-state index contributed by atoms with van der Waals surface area (Å²) in [6, 6.07) is 13.4. The van der Waals surface area contributed by atoms with Crippen molar-refractivity contribution in [2.45, 2.75) is 40.2 Å². The molecule has 1 N–H and O–H groups in total. The lowest BCUT2D eigenvalue weighted by Crippen LogP contribution is -2.34. The molecule has 0 aliphatic rings. The number of alkyl halides is 2. The Hall–Kier alpha value is -3.77. The highest BCUT2D eigenvalue weighted by atomic mass is 32.1. The van der Waals surface area contributed by atoms with Gasteiger partial charge in [-0.3, -0.25) is 14.2 Å². The van der Waals surface area contributed by atoms with Crippen LogP contribution in [0.25, 0.3) is 17.3 Å². The topological polar surface area (TPSA) is 84.1 Å². The molecule has 0 saturated heterocycles. The molecule has 0 bridgehead atoms. The molecule has 0 radical (unpaired) electrons. The van der Waals surface area contributed by atoms with Crippen molar-refractivity contribution >= 4 is 28.9 Å². The molecule has 3 rings (SSSR count). The first-order valence-electron chi connectivity index (χ1n) is 11.0. The summed E-state index contributed by atoms with van der Waals surface area (Å²) >= 11 is 1.03. The molecule has 0 saturated carbocycles. The van der Waals surface area contributed by atoms with E-state index in [1.54, 1.807) is 18.2 Å². The molecule has 3 aromatic rings. The van der Waals surface area contributed by atoms with E-state index in [2.05, 4.69) is 10.1 Å². The van der Waals surface area contributed by atoms with Crippen LogP contribution in [0.2, 0.25) is 0 Å². The van der Waals surface area contributed by atoms with E-state index in [1.807, 2.05) is 45.0 Å². The number of thiazole rings is 1. The number of carbonyl (C=O) groups excluding carboxylic acids is 1. The molecule has 35 heavy (non-hydrogen) atoms. The molecule has 6 nitrogen and oxygen atoms in total. The zero-order valence-corrected chi connectivity index (χ0v) is 20.4. The van der Waals surface area contributed by atoms with E-state index < -0.39 is 12.5 Å². The van der Waals surface area contributed by atoms with Gasteiger partial charge in [-0.15, -0.1) is 11.3 Å². The highest BCUT2D eigenvalue weighted by molar-refractivity contribution is 7.07. The summed E-state index contributed by atoms with van der Waals surface area (Å²) in [5.41, 5.74) is 2.29. The van der Waals surface area contributed by atoms with Gasteiger partial charge in [-0.05, 0) is 55.2 Å². The largest absolute Gasteiger partial charge is 0.435 e. The number of para-hydroxylation sites is 1. The molecule has 1 heterocycles. The monoisotopic (exact) mass is 497 g/mol. The van der Waals surface area contributed by atoms with Crippen molar-refractivity contribution in [1.82, 2.24) is 9.88 Å². The van der Waals surface area contributed by atoms with Gasteiger partial charge in [0.05, 0.1) is 10.2 Å².